The van der Waals surface area contributed by atoms with E-state index in [0.717, 1.165) is 16.7 Å². The normalized spacial score (nSPS) is 11.1. The van der Waals surface area contributed by atoms with Crippen LogP contribution in [0.1, 0.15) is 31.2 Å². The number of hydrogen-bond donors (Lipinski definition) is 1. The average molecular weight is 297 g/mol. The molecule has 3 aromatic rings. The van der Waals surface area contributed by atoms with Crippen LogP contribution in [0.25, 0.3) is 11.1 Å². The zero-order chi connectivity index (χ0) is 15.5. The fraction of sp³-hybridized carbons (Fsp3) is 0.312. The highest BCUT2D eigenvalue weighted by Crippen LogP contribution is 2.20. The molecule has 0 radical (unpaired) electrons. The van der Waals surface area contributed by atoms with E-state index in [1.807, 2.05) is 39.4 Å². The lowest BCUT2D eigenvalue weighted by molar-refractivity contribution is 0.419. The van der Waals surface area contributed by atoms with Crippen LogP contribution in [0.4, 0.5) is 6.01 Å². The Hall–Kier alpha value is -2.63. The second-order valence-corrected chi connectivity index (χ2v) is 5.57. The molecule has 0 aliphatic rings. The summed E-state index contributed by atoms with van der Waals surface area (Å²) in [5.74, 6) is 0.972. The molecule has 0 atom stereocenters. The van der Waals surface area contributed by atoms with Gasteiger partial charge in [-0.2, -0.15) is 10.1 Å². The molecular weight excluding hydrogens is 278 g/mol. The van der Waals surface area contributed by atoms with E-state index in [9.17, 15) is 0 Å². The highest BCUT2D eigenvalue weighted by Gasteiger charge is 2.09. The summed E-state index contributed by atoms with van der Waals surface area (Å²) < 4.78 is 6.98. The van der Waals surface area contributed by atoms with Crippen LogP contribution in [-0.4, -0.2) is 19.9 Å². The summed E-state index contributed by atoms with van der Waals surface area (Å²) in [5.41, 5.74) is 3.38. The third-order valence-corrected chi connectivity index (χ3v) is 3.37. The average Bonchev–Trinajstić information content (AvgIpc) is 3.14. The van der Waals surface area contributed by atoms with E-state index in [2.05, 4.69) is 38.8 Å². The second kappa shape index (κ2) is 6.01. The quantitative estimate of drug-likeness (QED) is 0.783. The van der Waals surface area contributed by atoms with Gasteiger partial charge >= 0.3 is 6.01 Å². The summed E-state index contributed by atoms with van der Waals surface area (Å²) in [4.78, 5) is 4.31. The molecule has 6 nitrogen and oxygen atoms in total. The number of aryl methyl sites for hydroxylation is 1. The number of rotatable bonds is 5. The molecule has 0 unspecified atom stereocenters. The van der Waals surface area contributed by atoms with E-state index in [4.69, 9.17) is 4.52 Å². The number of benzene rings is 1. The summed E-state index contributed by atoms with van der Waals surface area (Å²) in [6, 6.07) is 8.75. The van der Waals surface area contributed by atoms with Crippen LogP contribution in [0.3, 0.4) is 0 Å². The number of nitrogens with zero attached hydrogens (tertiary/aromatic N) is 4. The van der Waals surface area contributed by atoms with E-state index in [0.29, 0.717) is 18.4 Å². The fourth-order valence-electron chi connectivity index (χ4n) is 2.15. The van der Waals surface area contributed by atoms with Crippen molar-refractivity contribution >= 4 is 6.01 Å². The van der Waals surface area contributed by atoms with Gasteiger partial charge < -0.3 is 9.84 Å². The van der Waals surface area contributed by atoms with Crippen molar-refractivity contribution < 1.29 is 4.52 Å². The van der Waals surface area contributed by atoms with Gasteiger partial charge in [-0.05, 0) is 17.2 Å². The second-order valence-electron chi connectivity index (χ2n) is 5.57. The zero-order valence-corrected chi connectivity index (χ0v) is 12.9. The predicted molar refractivity (Wildman–Crippen MR) is 84.4 cm³/mol. The first kappa shape index (κ1) is 14.3. The maximum Gasteiger partial charge on any atom is 0.321 e. The van der Waals surface area contributed by atoms with Crippen molar-refractivity contribution in [2.75, 3.05) is 5.32 Å². The van der Waals surface area contributed by atoms with E-state index >= 15 is 0 Å². The Kier molecular flexibility index (Phi) is 3.91. The van der Waals surface area contributed by atoms with Crippen molar-refractivity contribution in [2.45, 2.75) is 26.3 Å². The number of aromatic nitrogens is 4. The van der Waals surface area contributed by atoms with E-state index in [1.165, 1.54) is 0 Å². The van der Waals surface area contributed by atoms with Gasteiger partial charge in [-0.1, -0.05) is 37.2 Å². The molecule has 6 heteroatoms. The van der Waals surface area contributed by atoms with Crippen LogP contribution >= 0.6 is 0 Å². The van der Waals surface area contributed by atoms with Gasteiger partial charge in [-0.25, -0.2) is 0 Å². The molecule has 1 N–H and O–H groups in total. The lowest BCUT2D eigenvalue weighted by Crippen LogP contribution is -2.00. The first-order valence-electron chi connectivity index (χ1n) is 7.27. The summed E-state index contributed by atoms with van der Waals surface area (Å²) in [6.45, 7) is 4.70. The molecule has 3 rings (SSSR count). The van der Waals surface area contributed by atoms with Crippen LogP contribution in [0.2, 0.25) is 0 Å². The molecule has 1 aromatic carbocycles. The summed E-state index contributed by atoms with van der Waals surface area (Å²) in [7, 11) is 1.91. The molecular formula is C16H19N5O. The van der Waals surface area contributed by atoms with Gasteiger partial charge in [0.25, 0.3) is 0 Å². The smallest absolute Gasteiger partial charge is 0.321 e. The Labute approximate surface area is 129 Å². The van der Waals surface area contributed by atoms with E-state index in [1.54, 1.807) is 4.68 Å². The van der Waals surface area contributed by atoms with E-state index < -0.39 is 0 Å². The van der Waals surface area contributed by atoms with Gasteiger partial charge in [0, 0.05) is 31.3 Å². The SMILES string of the molecule is CC(C)c1noc(NCc2cccc(-c3cnn(C)c3)c2)n1. The Bertz CT molecular complexity index is 759. The molecule has 0 aliphatic carbocycles. The number of anilines is 1. The Morgan fingerprint density at radius 2 is 2.14 bits per heavy atom. The summed E-state index contributed by atoms with van der Waals surface area (Å²) in [5, 5.41) is 11.3. The highest BCUT2D eigenvalue weighted by atomic mass is 16.5. The maximum absolute atomic E-state index is 5.18. The van der Waals surface area contributed by atoms with Gasteiger partial charge in [-0.15, -0.1) is 0 Å². The molecule has 0 aliphatic heterocycles. The molecule has 22 heavy (non-hydrogen) atoms. The number of hydrogen-bond acceptors (Lipinski definition) is 5. The topological polar surface area (TPSA) is 68.8 Å². The summed E-state index contributed by atoms with van der Waals surface area (Å²) in [6.07, 6.45) is 3.86. The minimum absolute atomic E-state index is 0.258. The molecule has 0 saturated heterocycles. The van der Waals surface area contributed by atoms with Gasteiger partial charge in [-0.3, -0.25) is 4.68 Å². The van der Waals surface area contributed by atoms with Crippen LogP contribution < -0.4 is 5.32 Å². The number of nitrogens with one attached hydrogen (secondary N) is 1. The van der Waals surface area contributed by atoms with Crippen LogP contribution in [-0.2, 0) is 13.6 Å². The first-order chi connectivity index (χ1) is 10.6. The summed E-state index contributed by atoms with van der Waals surface area (Å²) >= 11 is 0. The largest absolute Gasteiger partial charge is 0.334 e. The molecule has 114 valence electrons. The van der Waals surface area contributed by atoms with Gasteiger partial charge in [0.05, 0.1) is 6.20 Å². The van der Waals surface area contributed by atoms with Crippen LogP contribution in [0, 0.1) is 0 Å². The predicted octanol–water partition coefficient (Wildman–Crippen LogP) is 3.21. The van der Waals surface area contributed by atoms with E-state index in [-0.39, 0.29) is 5.92 Å². The first-order valence-corrected chi connectivity index (χ1v) is 7.27. The van der Waals surface area contributed by atoms with Crippen LogP contribution in [0.15, 0.2) is 41.2 Å². The molecule has 2 aromatic heterocycles. The standard InChI is InChI=1S/C16H19N5O/c1-11(2)15-19-16(22-20-15)17-8-12-5-4-6-13(7-12)14-9-18-21(3)10-14/h4-7,9-11H,8H2,1-3H3,(H,17,19,20). The molecule has 0 amide bonds. The molecule has 0 fully saturated rings. The Morgan fingerprint density at radius 1 is 1.27 bits per heavy atom. The van der Waals surface area contributed by atoms with Crippen molar-refractivity contribution in [3.8, 4) is 11.1 Å². The fourth-order valence-corrected chi connectivity index (χ4v) is 2.15. The molecule has 0 spiro atoms. The van der Waals surface area contributed by atoms with Crippen molar-refractivity contribution in [1.29, 1.82) is 0 Å². The third-order valence-electron chi connectivity index (χ3n) is 3.37. The Morgan fingerprint density at radius 3 is 2.82 bits per heavy atom. The molecule has 0 saturated carbocycles. The third kappa shape index (κ3) is 3.16. The lowest BCUT2D eigenvalue weighted by atomic mass is 10.1. The lowest BCUT2D eigenvalue weighted by Gasteiger charge is -2.04. The molecule has 0 bridgehead atoms. The van der Waals surface area contributed by atoms with Gasteiger partial charge in [0.2, 0.25) is 0 Å². The zero-order valence-electron chi connectivity index (χ0n) is 12.9. The highest BCUT2D eigenvalue weighted by molar-refractivity contribution is 5.62. The van der Waals surface area contributed by atoms with Crippen molar-refractivity contribution in [1.82, 2.24) is 19.9 Å². The monoisotopic (exact) mass is 297 g/mol. The van der Waals surface area contributed by atoms with Crippen LogP contribution in [0.5, 0.6) is 0 Å². The van der Waals surface area contributed by atoms with Gasteiger partial charge in [0.15, 0.2) is 5.82 Å². The van der Waals surface area contributed by atoms with Crippen molar-refractivity contribution in [2.24, 2.45) is 7.05 Å². The maximum atomic E-state index is 5.18. The minimum Gasteiger partial charge on any atom is -0.334 e. The van der Waals surface area contributed by atoms with Gasteiger partial charge in [0.1, 0.15) is 0 Å². The Balaban J connectivity index is 1.70. The minimum atomic E-state index is 0.258. The van der Waals surface area contributed by atoms with Crippen molar-refractivity contribution in [3.05, 3.63) is 48.0 Å². The van der Waals surface area contributed by atoms with Crippen molar-refractivity contribution in [3.63, 3.8) is 0 Å². The molecule has 2 heterocycles.